The highest BCUT2D eigenvalue weighted by atomic mass is 16.5. The van der Waals surface area contributed by atoms with Gasteiger partial charge in [0.25, 0.3) is 0 Å². The minimum atomic E-state index is 0.646. The van der Waals surface area contributed by atoms with Gasteiger partial charge in [-0.2, -0.15) is 5.10 Å². The average molecular weight is 413 g/mol. The number of aliphatic imine (C=N–C) groups is 1. The average Bonchev–Trinajstić information content (AvgIpc) is 3.41. The van der Waals surface area contributed by atoms with Crippen molar-refractivity contribution < 1.29 is 4.52 Å². The molecule has 0 spiro atoms. The Morgan fingerprint density at radius 3 is 2.87 bits per heavy atom. The fraction of sp³-hybridized carbons (Fsp3) is 0.526. The van der Waals surface area contributed by atoms with Crippen molar-refractivity contribution in [3.63, 3.8) is 0 Å². The molecule has 0 radical (unpaired) electrons. The van der Waals surface area contributed by atoms with Crippen LogP contribution in [0, 0.1) is 0 Å². The molecule has 0 aliphatic carbocycles. The van der Waals surface area contributed by atoms with Gasteiger partial charge in [-0.25, -0.2) is 9.97 Å². The third kappa shape index (κ3) is 4.67. The molecule has 4 rings (SSSR count). The molecular weight excluding hydrogens is 384 g/mol. The number of hydrogen-bond donors (Lipinski definition) is 2. The summed E-state index contributed by atoms with van der Waals surface area (Å²) < 4.78 is 6.67. The van der Waals surface area contributed by atoms with Crippen LogP contribution in [0.4, 0.5) is 5.82 Å². The van der Waals surface area contributed by atoms with Gasteiger partial charge in [0.05, 0.1) is 23.8 Å². The highest BCUT2D eigenvalue weighted by Crippen LogP contribution is 2.17. The lowest BCUT2D eigenvalue weighted by molar-refractivity contribution is 0.169. The number of hydrogen-bond acceptors (Lipinski definition) is 8. The van der Waals surface area contributed by atoms with E-state index in [9.17, 15) is 0 Å². The maximum absolute atomic E-state index is 4.92. The molecule has 0 aromatic carbocycles. The molecule has 1 aliphatic heterocycles. The Balaban J connectivity index is 1.29. The van der Waals surface area contributed by atoms with E-state index in [4.69, 9.17) is 9.52 Å². The third-order valence-corrected chi connectivity index (χ3v) is 5.08. The standard InChI is InChI=1S/C19H28N10O/c1-3-20-19(29-9-7-28(8-10-29)13-15-4-11-30-26-15)22-6-5-21-17-16-12-25-27(2)18(16)24-14-23-17/h4,11-12,14H,3,5-10,13H2,1-2H3,(H,20,22)(H,21,23,24). The number of rotatable bonds is 7. The van der Waals surface area contributed by atoms with E-state index in [1.165, 1.54) is 0 Å². The Morgan fingerprint density at radius 2 is 2.10 bits per heavy atom. The summed E-state index contributed by atoms with van der Waals surface area (Å²) >= 11 is 0. The molecule has 1 saturated heterocycles. The Labute approximate surface area is 175 Å². The number of aryl methyl sites for hydroxylation is 1. The second-order valence-corrected chi connectivity index (χ2v) is 7.14. The molecule has 0 atom stereocenters. The Morgan fingerprint density at radius 1 is 1.23 bits per heavy atom. The van der Waals surface area contributed by atoms with Crippen LogP contribution in [0.3, 0.4) is 0 Å². The zero-order chi connectivity index (χ0) is 20.8. The summed E-state index contributed by atoms with van der Waals surface area (Å²) in [6, 6.07) is 1.92. The molecular formula is C19H28N10O. The molecule has 11 heteroatoms. The maximum atomic E-state index is 4.92. The van der Waals surface area contributed by atoms with Gasteiger partial charge in [0.15, 0.2) is 11.6 Å². The fourth-order valence-electron chi connectivity index (χ4n) is 3.53. The van der Waals surface area contributed by atoms with Crippen LogP contribution < -0.4 is 10.6 Å². The van der Waals surface area contributed by atoms with Gasteiger partial charge in [0.1, 0.15) is 18.4 Å². The van der Waals surface area contributed by atoms with E-state index in [0.29, 0.717) is 13.1 Å². The van der Waals surface area contributed by atoms with Crippen molar-refractivity contribution in [2.75, 3.05) is 51.1 Å². The molecule has 11 nitrogen and oxygen atoms in total. The third-order valence-electron chi connectivity index (χ3n) is 5.08. The van der Waals surface area contributed by atoms with Crippen LogP contribution >= 0.6 is 0 Å². The smallest absolute Gasteiger partial charge is 0.194 e. The van der Waals surface area contributed by atoms with Crippen molar-refractivity contribution in [1.82, 2.24) is 40.0 Å². The number of piperazine rings is 1. The number of aromatic nitrogens is 5. The van der Waals surface area contributed by atoms with Crippen molar-refractivity contribution in [2.45, 2.75) is 13.5 Å². The van der Waals surface area contributed by atoms with Crippen molar-refractivity contribution >= 4 is 22.8 Å². The van der Waals surface area contributed by atoms with E-state index in [0.717, 1.165) is 67.8 Å². The summed E-state index contributed by atoms with van der Waals surface area (Å²) in [5.74, 6) is 1.74. The summed E-state index contributed by atoms with van der Waals surface area (Å²) in [5.41, 5.74) is 1.79. The van der Waals surface area contributed by atoms with Crippen LogP contribution in [0.1, 0.15) is 12.6 Å². The van der Waals surface area contributed by atoms with E-state index in [2.05, 4.69) is 47.6 Å². The van der Waals surface area contributed by atoms with Crippen LogP contribution in [0.2, 0.25) is 0 Å². The normalized spacial score (nSPS) is 15.7. The number of fused-ring (bicyclic) bond motifs is 1. The summed E-state index contributed by atoms with van der Waals surface area (Å²) in [4.78, 5) is 18.1. The first kappa shape index (κ1) is 20.1. The van der Waals surface area contributed by atoms with E-state index in [-0.39, 0.29) is 0 Å². The first-order valence-electron chi connectivity index (χ1n) is 10.3. The molecule has 0 unspecified atom stereocenters. The minimum Gasteiger partial charge on any atom is -0.367 e. The summed E-state index contributed by atoms with van der Waals surface area (Å²) in [6.07, 6.45) is 4.96. The molecule has 30 heavy (non-hydrogen) atoms. The zero-order valence-electron chi connectivity index (χ0n) is 17.5. The fourth-order valence-corrected chi connectivity index (χ4v) is 3.53. The molecule has 1 fully saturated rings. The number of nitrogens with zero attached hydrogens (tertiary/aromatic N) is 8. The molecule has 0 bridgehead atoms. The molecule has 3 aromatic rings. The van der Waals surface area contributed by atoms with Gasteiger partial charge in [-0.1, -0.05) is 5.16 Å². The van der Waals surface area contributed by atoms with Crippen LogP contribution in [0.25, 0.3) is 11.0 Å². The Bertz CT molecular complexity index is 959. The topological polar surface area (TPSA) is 113 Å². The lowest BCUT2D eigenvalue weighted by Gasteiger charge is -2.36. The van der Waals surface area contributed by atoms with Gasteiger partial charge < -0.3 is 20.1 Å². The van der Waals surface area contributed by atoms with Crippen molar-refractivity contribution in [3.8, 4) is 0 Å². The van der Waals surface area contributed by atoms with Gasteiger partial charge in [-0.3, -0.25) is 14.6 Å². The first-order chi connectivity index (χ1) is 14.7. The lowest BCUT2D eigenvalue weighted by atomic mass is 10.3. The maximum Gasteiger partial charge on any atom is 0.194 e. The Hall–Kier alpha value is -3.21. The lowest BCUT2D eigenvalue weighted by Crippen LogP contribution is -2.52. The predicted octanol–water partition coefficient (Wildman–Crippen LogP) is 0.547. The second-order valence-electron chi connectivity index (χ2n) is 7.14. The van der Waals surface area contributed by atoms with Gasteiger partial charge in [0.2, 0.25) is 0 Å². The van der Waals surface area contributed by atoms with E-state index < -0.39 is 0 Å². The highest BCUT2D eigenvalue weighted by molar-refractivity contribution is 5.86. The van der Waals surface area contributed by atoms with Crippen molar-refractivity contribution in [3.05, 3.63) is 30.5 Å². The van der Waals surface area contributed by atoms with Crippen molar-refractivity contribution in [1.29, 1.82) is 0 Å². The number of anilines is 1. The number of nitrogens with one attached hydrogen (secondary N) is 2. The molecule has 0 amide bonds. The number of guanidine groups is 1. The van der Waals surface area contributed by atoms with Crippen LogP contribution in [0.5, 0.6) is 0 Å². The van der Waals surface area contributed by atoms with Gasteiger partial charge >= 0.3 is 0 Å². The molecule has 4 heterocycles. The van der Waals surface area contributed by atoms with E-state index >= 15 is 0 Å². The summed E-state index contributed by atoms with van der Waals surface area (Å²) in [7, 11) is 1.87. The van der Waals surface area contributed by atoms with E-state index in [1.54, 1.807) is 23.5 Å². The van der Waals surface area contributed by atoms with E-state index in [1.807, 2.05) is 13.1 Å². The molecule has 3 aromatic heterocycles. The predicted molar refractivity (Wildman–Crippen MR) is 114 cm³/mol. The highest BCUT2D eigenvalue weighted by Gasteiger charge is 2.20. The van der Waals surface area contributed by atoms with Crippen molar-refractivity contribution in [2.24, 2.45) is 12.0 Å². The minimum absolute atomic E-state index is 0.646. The molecule has 160 valence electrons. The van der Waals surface area contributed by atoms with Gasteiger partial charge in [-0.05, 0) is 6.92 Å². The van der Waals surface area contributed by atoms with Gasteiger partial charge in [0, 0.05) is 58.9 Å². The van der Waals surface area contributed by atoms with Crippen LogP contribution in [-0.4, -0.2) is 86.5 Å². The van der Waals surface area contributed by atoms with Crippen LogP contribution in [0.15, 0.2) is 34.4 Å². The Kier molecular flexibility index (Phi) is 6.38. The molecule has 1 aliphatic rings. The van der Waals surface area contributed by atoms with Crippen LogP contribution in [-0.2, 0) is 13.6 Å². The summed E-state index contributed by atoms with van der Waals surface area (Å²) in [5, 5.41) is 15.9. The quantitative estimate of drug-likeness (QED) is 0.326. The first-order valence-corrected chi connectivity index (χ1v) is 10.3. The SMILES string of the molecule is CCNC(=NCCNc1ncnc2c1cnn2C)N1CCN(Cc2ccon2)CC1. The molecule has 2 N–H and O–H groups in total. The summed E-state index contributed by atoms with van der Waals surface area (Å²) in [6.45, 7) is 8.88. The molecule has 0 saturated carbocycles. The second kappa shape index (κ2) is 9.53. The largest absolute Gasteiger partial charge is 0.367 e. The monoisotopic (exact) mass is 412 g/mol. The zero-order valence-corrected chi connectivity index (χ0v) is 17.5. The van der Waals surface area contributed by atoms with Gasteiger partial charge in [-0.15, -0.1) is 0 Å².